The highest BCUT2D eigenvalue weighted by Crippen LogP contribution is 2.17. The minimum atomic E-state index is 0.689. The average Bonchev–Trinajstić information content (AvgIpc) is 2.99. The molecule has 0 radical (unpaired) electrons. The summed E-state index contributed by atoms with van der Waals surface area (Å²) in [6.07, 6.45) is 3.15. The molecule has 1 atom stereocenters. The van der Waals surface area contributed by atoms with E-state index >= 15 is 0 Å². The quantitative estimate of drug-likeness (QED) is 0.829. The van der Waals surface area contributed by atoms with Crippen molar-refractivity contribution in [2.75, 3.05) is 33.7 Å². The molecule has 2 heterocycles. The Balaban J connectivity index is 1.75. The molecule has 1 saturated heterocycles. The van der Waals surface area contributed by atoms with Gasteiger partial charge in [0, 0.05) is 31.2 Å². The second-order valence-electron chi connectivity index (χ2n) is 6.59. The molecular weight excluding hydrogens is 250 g/mol. The Bertz CT molecular complexity index is 400. The number of nitrogens with one attached hydrogen (secondary N) is 1. The molecule has 1 aliphatic heterocycles. The van der Waals surface area contributed by atoms with Crippen LogP contribution in [0.3, 0.4) is 0 Å². The van der Waals surface area contributed by atoms with Crippen LogP contribution in [-0.4, -0.2) is 49.6 Å². The Morgan fingerprint density at radius 1 is 1.45 bits per heavy atom. The number of hydrogen-bond donors (Lipinski definition) is 1. The molecule has 1 unspecified atom stereocenters. The largest absolute Gasteiger partial charge is 0.468 e. The third-order valence-corrected chi connectivity index (χ3v) is 3.95. The number of hydrogen-bond acceptors (Lipinski definition) is 4. The van der Waals surface area contributed by atoms with Gasteiger partial charge in [-0.05, 0) is 39.0 Å². The molecule has 4 heteroatoms. The Morgan fingerprint density at radius 2 is 2.25 bits per heavy atom. The van der Waals surface area contributed by atoms with Crippen LogP contribution in [0.15, 0.2) is 16.7 Å². The van der Waals surface area contributed by atoms with Gasteiger partial charge in [0.1, 0.15) is 5.76 Å². The number of furan rings is 1. The highest BCUT2D eigenvalue weighted by Gasteiger charge is 2.24. The van der Waals surface area contributed by atoms with E-state index in [-0.39, 0.29) is 0 Å². The maximum absolute atomic E-state index is 5.68. The number of likely N-dealkylation sites (N-methyl/N-ethyl adjacent to an activating group) is 1. The molecule has 114 valence electrons. The normalized spacial score (nSPS) is 20.4. The first-order valence-corrected chi connectivity index (χ1v) is 7.70. The van der Waals surface area contributed by atoms with Gasteiger partial charge >= 0.3 is 0 Å². The van der Waals surface area contributed by atoms with Crippen LogP contribution in [0.25, 0.3) is 0 Å². The standard InChI is InChI=1S/C16H29N3O/c1-13(2)8-17-9-14-7-16(20-12-14)11-19-6-5-15(10-19)18(3)4/h7,12-13,15,17H,5-6,8-11H2,1-4H3. The van der Waals surface area contributed by atoms with Crippen LogP contribution in [0, 0.1) is 5.92 Å². The third kappa shape index (κ3) is 4.62. The van der Waals surface area contributed by atoms with Gasteiger partial charge in [-0.2, -0.15) is 0 Å². The lowest BCUT2D eigenvalue weighted by Gasteiger charge is -2.19. The summed E-state index contributed by atoms with van der Waals surface area (Å²) in [7, 11) is 4.33. The molecule has 1 fully saturated rings. The van der Waals surface area contributed by atoms with Crippen LogP contribution in [-0.2, 0) is 13.1 Å². The topological polar surface area (TPSA) is 31.7 Å². The van der Waals surface area contributed by atoms with E-state index in [2.05, 4.69) is 49.1 Å². The fraction of sp³-hybridized carbons (Fsp3) is 0.750. The minimum absolute atomic E-state index is 0.689. The predicted octanol–water partition coefficient (Wildman–Crippen LogP) is 2.16. The van der Waals surface area contributed by atoms with E-state index in [0.29, 0.717) is 12.0 Å². The molecule has 2 rings (SSSR count). The first-order chi connectivity index (χ1) is 9.54. The van der Waals surface area contributed by atoms with Gasteiger partial charge in [0.2, 0.25) is 0 Å². The lowest BCUT2D eigenvalue weighted by molar-refractivity contribution is 0.252. The summed E-state index contributed by atoms with van der Waals surface area (Å²) in [5.41, 5.74) is 1.25. The van der Waals surface area contributed by atoms with Gasteiger partial charge in [0.15, 0.2) is 0 Å². The monoisotopic (exact) mass is 279 g/mol. The molecule has 1 aromatic heterocycles. The molecule has 1 N–H and O–H groups in total. The maximum atomic E-state index is 5.68. The molecule has 0 bridgehead atoms. The van der Waals surface area contributed by atoms with Gasteiger partial charge in [0.05, 0.1) is 12.8 Å². The molecule has 0 aliphatic carbocycles. The summed E-state index contributed by atoms with van der Waals surface area (Å²) < 4.78 is 5.68. The van der Waals surface area contributed by atoms with Crippen molar-refractivity contribution < 1.29 is 4.42 Å². The lowest BCUT2D eigenvalue weighted by atomic mass is 10.2. The van der Waals surface area contributed by atoms with Gasteiger partial charge < -0.3 is 14.6 Å². The zero-order valence-electron chi connectivity index (χ0n) is 13.4. The summed E-state index contributed by atoms with van der Waals surface area (Å²) in [5, 5.41) is 3.45. The first-order valence-electron chi connectivity index (χ1n) is 7.70. The van der Waals surface area contributed by atoms with Gasteiger partial charge in [-0.1, -0.05) is 13.8 Å². The van der Waals surface area contributed by atoms with E-state index in [1.165, 1.54) is 18.5 Å². The minimum Gasteiger partial charge on any atom is -0.468 e. The number of rotatable bonds is 7. The maximum Gasteiger partial charge on any atom is 0.118 e. The Kier molecular flexibility index (Phi) is 5.64. The number of nitrogens with zero attached hydrogens (tertiary/aromatic N) is 2. The molecule has 4 nitrogen and oxygen atoms in total. The molecule has 20 heavy (non-hydrogen) atoms. The van der Waals surface area contributed by atoms with E-state index in [1.54, 1.807) is 0 Å². The van der Waals surface area contributed by atoms with Crippen LogP contribution in [0.5, 0.6) is 0 Å². The van der Waals surface area contributed by atoms with Crippen molar-refractivity contribution in [3.05, 3.63) is 23.7 Å². The van der Waals surface area contributed by atoms with Gasteiger partial charge in [-0.3, -0.25) is 4.90 Å². The van der Waals surface area contributed by atoms with Gasteiger partial charge in [0.25, 0.3) is 0 Å². The van der Waals surface area contributed by atoms with E-state index in [1.807, 2.05) is 6.26 Å². The summed E-state index contributed by atoms with van der Waals surface area (Å²) in [6.45, 7) is 9.66. The highest BCUT2D eigenvalue weighted by molar-refractivity contribution is 5.12. The van der Waals surface area contributed by atoms with Crippen molar-refractivity contribution in [1.29, 1.82) is 0 Å². The van der Waals surface area contributed by atoms with Crippen molar-refractivity contribution in [2.45, 2.75) is 39.4 Å². The van der Waals surface area contributed by atoms with Crippen LogP contribution < -0.4 is 5.32 Å². The van der Waals surface area contributed by atoms with Crippen LogP contribution in [0.4, 0.5) is 0 Å². The van der Waals surface area contributed by atoms with Crippen LogP contribution >= 0.6 is 0 Å². The summed E-state index contributed by atoms with van der Waals surface area (Å²) in [4.78, 5) is 4.80. The smallest absolute Gasteiger partial charge is 0.118 e. The van der Waals surface area contributed by atoms with Crippen LogP contribution in [0.2, 0.25) is 0 Å². The van der Waals surface area contributed by atoms with E-state index < -0.39 is 0 Å². The summed E-state index contributed by atoms with van der Waals surface area (Å²) >= 11 is 0. The highest BCUT2D eigenvalue weighted by atomic mass is 16.3. The zero-order valence-corrected chi connectivity index (χ0v) is 13.4. The lowest BCUT2D eigenvalue weighted by Crippen LogP contribution is -2.31. The Morgan fingerprint density at radius 3 is 2.90 bits per heavy atom. The third-order valence-electron chi connectivity index (χ3n) is 3.95. The number of likely N-dealkylation sites (tertiary alicyclic amines) is 1. The second-order valence-corrected chi connectivity index (χ2v) is 6.59. The first kappa shape index (κ1) is 15.5. The molecule has 1 aromatic rings. The fourth-order valence-electron chi connectivity index (χ4n) is 2.70. The van der Waals surface area contributed by atoms with Crippen LogP contribution in [0.1, 0.15) is 31.6 Å². The van der Waals surface area contributed by atoms with Crippen molar-refractivity contribution >= 4 is 0 Å². The SMILES string of the molecule is CC(C)CNCc1coc(CN2CCC(N(C)C)C2)c1. The van der Waals surface area contributed by atoms with E-state index in [4.69, 9.17) is 4.42 Å². The summed E-state index contributed by atoms with van der Waals surface area (Å²) in [5.74, 6) is 1.78. The molecule has 0 amide bonds. The average molecular weight is 279 g/mol. The molecule has 0 aromatic carbocycles. The van der Waals surface area contributed by atoms with Crippen molar-refractivity contribution in [3.8, 4) is 0 Å². The molecule has 0 spiro atoms. The van der Waals surface area contributed by atoms with Crippen molar-refractivity contribution in [3.63, 3.8) is 0 Å². The summed E-state index contributed by atoms with van der Waals surface area (Å²) in [6, 6.07) is 2.88. The Hall–Kier alpha value is -0.840. The predicted molar refractivity (Wildman–Crippen MR) is 82.6 cm³/mol. The molecular formula is C16H29N3O. The van der Waals surface area contributed by atoms with Gasteiger partial charge in [-0.15, -0.1) is 0 Å². The molecule has 1 aliphatic rings. The zero-order chi connectivity index (χ0) is 14.5. The van der Waals surface area contributed by atoms with Crippen molar-refractivity contribution in [1.82, 2.24) is 15.1 Å². The van der Waals surface area contributed by atoms with E-state index in [0.717, 1.165) is 31.9 Å². The van der Waals surface area contributed by atoms with Gasteiger partial charge in [-0.25, -0.2) is 0 Å². The molecule has 0 saturated carbocycles. The second kappa shape index (κ2) is 7.25. The Labute approximate surface area is 123 Å². The fourth-order valence-corrected chi connectivity index (χ4v) is 2.70. The van der Waals surface area contributed by atoms with E-state index in [9.17, 15) is 0 Å². The van der Waals surface area contributed by atoms with Crippen molar-refractivity contribution in [2.24, 2.45) is 5.92 Å².